The maximum absolute atomic E-state index is 13.7. The molecule has 1 aliphatic rings. The Morgan fingerprint density at radius 3 is 2.95 bits per heavy atom. The molecule has 8 heteroatoms. The molecule has 0 saturated heterocycles. The van der Waals surface area contributed by atoms with E-state index in [0.29, 0.717) is 17.8 Å². The Morgan fingerprint density at radius 2 is 2.27 bits per heavy atom. The molecule has 0 unspecified atom stereocenters. The molecule has 22 heavy (non-hydrogen) atoms. The van der Waals surface area contributed by atoms with Gasteiger partial charge in [-0.25, -0.2) is 13.8 Å². The highest BCUT2D eigenvalue weighted by atomic mass is 19.1. The van der Waals surface area contributed by atoms with Gasteiger partial charge in [-0.05, 0) is 24.0 Å². The normalized spacial score (nSPS) is 20.0. The molecule has 0 radical (unpaired) electrons. The van der Waals surface area contributed by atoms with Crippen molar-refractivity contribution in [2.75, 3.05) is 0 Å². The lowest BCUT2D eigenvalue weighted by atomic mass is 10.1. The second kappa shape index (κ2) is 5.80. The van der Waals surface area contributed by atoms with Gasteiger partial charge in [0.2, 0.25) is 5.91 Å². The van der Waals surface area contributed by atoms with Gasteiger partial charge in [-0.2, -0.15) is 5.10 Å². The van der Waals surface area contributed by atoms with Crippen LogP contribution < -0.4 is 5.32 Å². The molecule has 1 heterocycles. The van der Waals surface area contributed by atoms with E-state index < -0.39 is 11.6 Å². The van der Waals surface area contributed by atoms with Crippen molar-refractivity contribution in [2.45, 2.75) is 25.5 Å². The molecule has 0 bridgehead atoms. The van der Waals surface area contributed by atoms with Crippen molar-refractivity contribution in [3.63, 3.8) is 0 Å². The van der Waals surface area contributed by atoms with Gasteiger partial charge in [0.15, 0.2) is 5.82 Å². The predicted octanol–water partition coefficient (Wildman–Crippen LogP) is 0.995. The van der Waals surface area contributed by atoms with Crippen LogP contribution in [0.1, 0.15) is 29.6 Å². The summed E-state index contributed by atoms with van der Waals surface area (Å²) in [7, 11) is 0. The summed E-state index contributed by atoms with van der Waals surface area (Å²) in [6.07, 6.45) is 0.534. The molecule has 1 fully saturated rings. The number of hydrogen-bond donors (Lipinski definition) is 3. The Labute approximate surface area is 124 Å². The quantitative estimate of drug-likeness (QED) is 0.768. The van der Waals surface area contributed by atoms with Crippen molar-refractivity contribution in [3.05, 3.63) is 47.0 Å². The van der Waals surface area contributed by atoms with Crippen LogP contribution in [0.2, 0.25) is 0 Å². The van der Waals surface area contributed by atoms with E-state index in [1.54, 1.807) is 0 Å². The number of nitrogens with zero attached hydrogens (tertiary/aromatic N) is 2. The van der Waals surface area contributed by atoms with E-state index in [2.05, 4.69) is 20.5 Å². The summed E-state index contributed by atoms with van der Waals surface area (Å²) in [5.74, 6) is -1.32. The predicted molar refractivity (Wildman–Crippen MR) is 71.4 cm³/mol. The first-order chi connectivity index (χ1) is 10.6. The first kappa shape index (κ1) is 14.6. The zero-order chi connectivity index (χ0) is 15.7. The molecule has 3 rings (SSSR count). The van der Waals surface area contributed by atoms with Crippen LogP contribution in [0.5, 0.6) is 0 Å². The standard InChI is InChI=1S/C14H14F2N4O2/c15-7-1-2-8(11(16)3-7)9-4-10(9)14(22)17-5-12-18-13(6-21)20-19-12/h1-3,9-10,21H,4-6H2,(H,17,22)(H,18,19,20)/t9-,10+/m0/s1. The molecule has 1 aromatic carbocycles. The van der Waals surface area contributed by atoms with Gasteiger partial charge >= 0.3 is 0 Å². The highest BCUT2D eigenvalue weighted by Crippen LogP contribution is 2.48. The first-order valence-electron chi connectivity index (χ1n) is 6.82. The lowest BCUT2D eigenvalue weighted by Gasteiger charge is -2.04. The zero-order valence-electron chi connectivity index (χ0n) is 11.5. The molecular formula is C14H14F2N4O2. The highest BCUT2D eigenvalue weighted by molar-refractivity contribution is 5.82. The fraction of sp³-hybridized carbons (Fsp3) is 0.357. The molecule has 0 spiro atoms. The molecule has 1 aromatic heterocycles. The topological polar surface area (TPSA) is 90.9 Å². The Kier molecular flexibility index (Phi) is 3.84. The maximum atomic E-state index is 13.7. The third kappa shape index (κ3) is 2.96. The van der Waals surface area contributed by atoms with Crippen LogP contribution in [0.25, 0.3) is 0 Å². The second-order valence-electron chi connectivity index (χ2n) is 5.19. The molecule has 116 valence electrons. The summed E-state index contributed by atoms with van der Waals surface area (Å²) >= 11 is 0. The first-order valence-corrected chi connectivity index (χ1v) is 6.82. The van der Waals surface area contributed by atoms with E-state index >= 15 is 0 Å². The van der Waals surface area contributed by atoms with E-state index in [1.807, 2.05) is 0 Å². The number of aromatic amines is 1. The number of aliphatic hydroxyl groups is 1. The fourth-order valence-corrected chi connectivity index (χ4v) is 2.42. The number of nitrogens with one attached hydrogen (secondary N) is 2. The van der Waals surface area contributed by atoms with Gasteiger partial charge in [-0.15, -0.1) is 0 Å². The number of amides is 1. The van der Waals surface area contributed by atoms with Crippen LogP contribution >= 0.6 is 0 Å². The summed E-state index contributed by atoms with van der Waals surface area (Å²) in [6.45, 7) is -0.125. The number of carbonyl (C=O) groups excluding carboxylic acids is 1. The van der Waals surface area contributed by atoms with Gasteiger partial charge < -0.3 is 10.4 Å². The third-order valence-electron chi connectivity index (χ3n) is 3.64. The van der Waals surface area contributed by atoms with Crippen molar-refractivity contribution in [1.29, 1.82) is 0 Å². The number of hydrogen-bond acceptors (Lipinski definition) is 4. The third-order valence-corrected chi connectivity index (χ3v) is 3.64. The van der Waals surface area contributed by atoms with Crippen LogP contribution in [0.15, 0.2) is 18.2 Å². The molecule has 2 aromatic rings. The fourth-order valence-electron chi connectivity index (χ4n) is 2.42. The number of halogens is 2. The average molecular weight is 308 g/mol. The van der Waals surface area contributed by atoms with Crippen LogP contribution in [0.3, 0.4) is 0 Å². The van der Waals surface area contributed by atoms with E-state index in [4.69, 9.17) is 5.11 Å². The van der Waals surface area contributed by atoms with E-state index in [-0.39, 0.29) is 36.7 Å². The summed E-state index contributed by atoms with van der Waals surface area (Å²) < 4.78 is 26.5. The summed E-state index contributed by atoms with van der Waals surface area (Å²) in [4.78, 5) is 15.9. The van der Waals surface area contributed by atoms with Crippen molar-refractivity contribution in [2.24, 2.45) is 5.92 Å². The van der Waals surface area contributed by atoms with Crippen LogP contribution in [-0.4, -0.2) is 26.2 Å². The minimum atomic E-state index is -0.632. The van der Waals surface area contributed by atoms with Crippen molar-refractivity contribution >= 4 is 5.91 Å². The Morgan fingerprint density at radius 1 is 1.45 bits per heavy atom. The van der Waals surface area contributed by atoms with E-state index in [9.17, 15) is 13.6 Å². The average Bonchev–Trinajstić information content (AvgIpc) is 3.14. The number of rotatable bonds is 5. The maximum Gasteiger partial charge on any atom is 0.224 e. The van der Waals surface area contributed by atoms with Gasteiger partial charge in [-0.1, -0.05) is 6.07 Å². The molecule has 1 amide bonds. The Hall–Kier alpha value is -2.35. The molecule has 6 nitrogen and oxygen atoms in total. The van der Waals surface area contributed by atoms with Crippen LogP contribution in [0, 0.1) is 17.6 Å². The van der Waals surface area contributed by atoms with Gasteiger partial charge in [0.25, 0.3) is 0 Å². The zero-order valence-corrected chi connectivity index (χ0v) is 11.5. The number of carbonyl (C=O) groups is 1. The molecule has 3 N–H and O–H groups in total. The Balaban J connectivity index is 1.56. The number of H-pyrrole nitrogens is 1. The minimum Gasteiger partial charge on any atom is -0.388 e. The van der Waals surface area contributed by atoms with Crippen molar-refractivity contribution in [1.82, 2.24) is 20.5 Å². The lowest BCUT2D eigenvalue weighted by Crippen LogP contribution is -2.25. The molecular weight excluding hydrogens is 294 g/mol. The lowest BCUT2D eigenvalue weighted by molar-refractivity contribution is -0.122. The van der Waals surface area contributed by atoms with Crippen LogP contribution in [0.4, 0.5) is 8.78 Å². The smallest absolute Gasteiger partial charge is 0.224 e. The summed E-state index contributed by atoms with van der Waals surface area (Å²) in [5.41, 5.74) is 0.365. The van der Waals surface area contributed by atoms with E-state index in [0.717, 1.165) is 6.07 Å². The summed E-state index contributed by atoms with van der Waals surface area (Å²) in [6, 6.07) is 3.40. The van der Waals surface area contributed by atoms with E-state index in [1.165, 1.54) is 12.1 Å². The molecule has 2 atom stereocenters. The monoisotopic (exact) mass is 308 g/mol. The van der Waals surface area contributed by atoms with Gasteiger partial charge in [-0.3, -0.25) is 9.89 Å². The number of aromatic nitrogens is 3. The number of aliphatic hydroxyl groups excluding tert-OH is 1. The van der Waals surface area contributed by atoms with Crippen LogP contribution in [-0.2, 0) is 17.9 Å². The second-order valence-corrected chi connectivity index (χ2v) is 5.19. The van der Waals surface area contributed by atoms with Crippen molar-refractivity contribution in [3.8, 4) is 0 Å². The summed E-state index contributed by atoms with van der Waals surface area (Å²) in [5, 5.41) is 17.8. The van der Waals surface area contributed by atoms with Gasteiger partial charge in [0, 0.05) is 12.0 Å². The minimum absolute atomic E-state index is 0.154. The Bertz CT molecular complexity index is 704. The molecule has 0 aliphatic heterocycles. The molecule has 1 aliphatic carbocycles. The highest BCUT2D eigenvalue weighted by Gasteiger charge is 2.45. The van der Waals surface area contributed by atoms with Gasteiger partial charge in [0.05, 0.1) is 6.54 Å². The SMILES string of the molecule is O=C(NCc1nc(CO)n[nH]1)[C@@H]1C[C@H]1c1ccc(F)cc1F. The largest absolute Gasteiger partial charge is 0.388 e. The van der Waals surface area contributed by atoms with Gasteiger partial charge in [0.1, 0.15) is 24.1 Å². The van der Waals surface area contributed by atoms with Crippen molar-refractivity contribution < 1.29 is 18.7 Å². The number of benzene rings is 1. The molecule has 1 saturated carbocycles.